The molecule has 1 saturated heterocycles. The maximum absolute atomic E-state index is 13.1. The number of anilines is 1. The van der Waals surface area contributed by atoms with Crippen LogP contribution in [0.5, 0.6) is 0 Å². The van der Waals surface area contributed by atoms with Crippen molar-refractivity contribution in [3.8, 4) is 0 Å². The van der Waals surface area contributed by atoms with Crippen LogP contribution in [0.4, 0.5) is 19.0 Å². The third kappa shape index (κ3) is 3.38. The molecular weight excluding hydrogens is 321 g/mol. The van der Waals surface area contributed by atoms with Gasteiger partial charge >= 0.3 is 6.18 Å². The molecule has 1 fully saturated rings. The smallest absolute Gasteiger partial charge is 0.361 e. The monoisotopic (exact) mass is 340 g/mol. The molecule has 0 spiro atoms. The molecule has 1 aliphatic rings. The first-order valence-corrected chi connectivity index (χ1v) is 7.77. The lowest BCUT2D eigenvalue weighted by atomic mass is 10.1. The van der Waals surface area contributed by atoms with Crippen LogP contribution in [0.25, 0.3) is 0 Å². The zero-order valence-corrected chi connectivity index (χ0v) is 13.6. The second kappa shape index (κ2) is 6.43. The van der Waals surface area contributed by atoms with E-state index in [0.29, 0.717) is 32.7 Å². The summed E-state index contributed by atoms with van der Waals surface area (Å²) in [6.07, 6.45) is -2.99. The van der Waals surface area contributed by atoms with Crippen LogP contribution in [-0.4, -0.2) is 41.2 Å². The van der Waals surface area contributed by atoms with E-state index in [4.69, 9.17) is 4.52 Å². The molecule has 3 rings (SSSR count). The van der Waals surface area contributed by atoms with Crippen molar-refractivity contribution in [1.82, 2.24) is 15.0 Å². The lowest BCUT2D eigenvalue weighted by molar-refractivity contribution is -0.137. The third-order valence-corrected chi connectivity index (χ3v) is 4.33. The fraction of sp³-hybridized carbons (Fsp3) is 0.500. The first-order valence-electron chi connectivity index (χ1n) is 7.77. The van der Waals surface area contributed by atoms with Gasteiger partial charge in [0.2, 0.25) is 0 Å². The highest BCUT2D eigenvalue weighted by Crippen LogP contribution is 2.35. The van der Waals surface area contributed by atoms with E-state index in [1.807, 2.05) is 13.8 Å². The molecule has 0 aromatic carbocycles. The van der Waals surface area contributed by atoms with Gasteiger partial charge in [0.05, 0.1) is 11.3 Å². The van der Waals surface area contributed by atoms with Crippen molar-refractivity contribution < 1.29 is 17.7 Å². The average molecular weight is 340 g/mol. The Kier molecular flexibility index (Phi) is 4.49. The van der Waals surface area contributed by atoms with Crippen LogP contribution in [-0.2, 0) is 12.7 Å². The number of hydrogen-bond acceptors (Lipinski definition) is 5. The molecule has 5 nitrogen and oxygen atoms in total. The topological polar surface area (TPSA) is 45.4 Å². The van der Waals surface area contributed by atoms with Gasteiger partial charge in [-0.25, -0.2) is 4.98 Å². The summed E-state index contributed by atoms with van der Waals surface area (Å²) in [6.45, 7) is 6.80. The van der Waals surface area contributed by atoms with Crippen molar-refractivity contribution in [1.29, 1.82) is 0 Å². The molecule has 0 amide bonds. The molecule has 0 saturated carbocycles. The fourth-order valence-electron chi connectivity index (χ4n) is 2.94. The maximum Gasteiger partial charge on any atom is 0.419 e. The van der Waals surface area contributed by atoms with Crippen molar-refractivity contribution in [2.75, 3.05) is 31.1 Å². The van der Waals surface area contributed by atoms with E-state index >= 15 is 0 Å². The Bertz CT molecular complexity index is 686. The second-order valence-electron chi connectivity index (χ2n) is 5.94. The highest BCUT2D eigenvalue weighted by Gasteiger charge is 2.36. The number of aryl methyl sites for hydroxylation is 2. The Labute approximate surface area is 138 Å². The summed E-state index contributed by atoms with van der Waals surface area (Å²) in [5, 5.41) is 3.94. The minimum absolute atomic E-state index is 0.0157. The van der Waals surface area contributed by atoms with Gasteiger partial charge in [0.15, 0.2) is 0 Å². The lowest BCUT2D eigenvalue weighted by Gasteiger charge is -2.36. The Hall–Kier alpha value is -2.09. The van der Waals surface area contributed by atoms with Gasteiger partial charge in [-0.2, -0.15) is 13.2 Å². The predicted octanol–water partition coefficient (Wildman–Crippen LogP) is 3.03. The number of rotatable bonds is 3. The van der Waals surface area contributed by atoms with Crippen molar-refractivity contribution in [2.45, 2.75) is 26.6 Å². The van der Waals surface area contributed by atoms with E-state index in [1.54, 1.807) is 4.90 Å². The number of pyridine rings is 1. The van der Waals surface area contributed by atoms with Crippen LogP contribution >= 0.6 is 0 Å². The first kappa shape index (κ1) is 16.8. The van der Waals surface area contributed by atoms with Gasteiger partial charge in [-0.1, -0.05) is 5.16 Å². The average Bonchev–Trinajstić information content (AvgIpc) is 2.87. The summed E-state index contributed by atoms with van der Waals surface area (Å²) in [4.78, 5) is 7.85. The Morgan fingerprint density at radius 1 is 1.17 bits per heavy atom. The number of alkyl halides is 3. The standard InChI is InChI=1S/C16H19F3N4O/c1-11-13(12(2)24-21-11)10-22-6-8-23(9-7-22)15-14(16(17,18)19)4-3-5-20-15/h3-5H,6-10H2,1-2H3. The van der Waals surface area contributed by atoms with E-state index in [-0.39, 0.29) is 5.82 Å². The van der Waals surface area contributed by atoms with Gasteiger partial charge in [0, 0.05) is 44.5 Å². The molecule has 0 N–H and O–H groups in total. The number of halogens is 3. The van der Waals surface area contributed by atoms with Crippen molar-refractivity contribution in [3.63, 3.8) is 0 Å². The van der Waals surface area contributed by atoms with Crippen molar-refractivity contribution in [3.05, 3.63) is 40.9 Å². The zero-order valence-electron chi connectivity index (χ0n) is 13.6. The van der Waals surface area contributed by atoms with Crippen molar-refractivity contribution in [2.24, 2.45) is 0 Å². The molecule has 3 heterocycles. The van der Waals surface area contributed by atoms with Crippen LogP contribution in [0.1, 0.15) is 22.6 Å². The molecule has 0 atom stereocenters. The van der Waals surface area contributed by atoms with E-state index in [1.165, 1.54) is 12.3 Å². The number of nitrogens with zero attached hydrogens (tertiary/aromatic N) is 4. The van der Waals surface area contributed by atoms with E-state index in [9.17, 15) is 13.2 Å². The molecule has 0 radical (unpaired) electrons. The number of aromatic nitrogens is 2. The molecule has 130 valence electrons. The Morgan fingerprint density at radius 2 is 1.88 bits per heavy atom. The number of hydrogen-bond donors (Lipinski definition) is 0. The molecule has 0 aliphatic carbocycles. The molecule has 2 aromatic heterocycles. The van der Waals surface area contributed by atoms with Crippen LogP contribution in [0.2, 0.25) is 0 Å². The van der Waals surface area contributed by atoms with Gasteiger partial charge in [-0.15, -0.1) is 0 Å². The Morgan fingerprint density at radius 3 is 2.46 bits per heavy atom. The van der Waals surface area contributed by atoms with Gasteiger partial charge in [-0.05, 0) is 26.0 Å². The summed E-state index contributed by atoms with van der Waals surface area (Å²) >= 11 is 0. The van der Waals surface area contributed by atoms with Gasteiger partial charge in [0.25, 0.3) is 0 Å². The largest absolute Gasteiger partial charge is 0.419 e. The maximum atomic E-state index is 13.1. The molecule has 1 aliphatic heterocycles. The molecule has 0 bridgehead atoms. The summed E-state index contributed by atoms with van der Waals surface area (Å²) in [7, 11) is 0. The minimum Gasteiger partial charge on any atom is -0.361 e. The summed E-state index contributed by atoms with van der Waals surface area (Å²) < 4.78 is 44.5. The van der Waals surface area contributed by atoms with Gasteiger partial charge in [0.1, 0.15) is 11.6 Å². The van der Waals surface area contributed by atoms with Crippen LogP contribution in [0.3, 0.4) is 0 Å². The second-order valence-corrected chi connectivity index (χ2v) is 5.94. The van der Waals surface area contributed by atoms with E-state index in [2.05, 4.69) is 15.0 Å². The highest BCUT2D eigenvalue weighted by molar-refractivity contribution is 5.48. The fourth-order valence-corrected chi connectivity index (χ4v) is 2.94. The van der Waals surface area contributed by atoms with Crippen LogP contribution in [0, 0.1) is 13.8 Å². The number of piperazine rings is 1. The molecular formula is C16H19F3N4O. The minimum atomic E-state index is -4.39. The van der Waals surface area contributed by atoms with Crippen LogP contribution < -0.4 is 4.90 Å². The van der Waals surface area contributed by atoms with Gasteiger partial charge in [-0.3, -0.25) is 4.90 Å². The third-order valence-electron chi connectivity index (χ3n) is 4.33. The van der Waals surface area contributed by atoms with Crippen molar-refractivity contribution >= 4 is 5.82 Å². The van der Waals surface area contributed by atoms with E-state index in [0.717, 1.165) is 23.1 Å². The molecule has 0 unspecified atom stereocenters. The molecule has 8 heteroatoms. The van der Waals surface area contributed by atoms with Crippen LogP contribution in [0.15, 0.2) is 22.9 Å². The summed E-state index contributed by atoms with van der Waals surface area (Å²) in [5.41, 5.74) is 1.24. The summed E-state index contributed by atoms with van der Waals surface area (Å²) in [5.74, 6) is 0.806. The Balaban J connectivity index is 1.68. The quantitative estimate of drug-likeness (QED) is 0.859. The summed E-state index contributed by atoms with van der Waals surface area (Å²) in [6, 6.07) is 2.40. The SMILES string of the molecule is Cc1noc(C)c1CN1CCN(c2ncccc2C(F)(F)F)CC1. The van der Waals surface area contributed by atoms with E-state index < -0.39 is 11.7 Å². The first-order chi connectivity index (χ1) is 11.4. The highest BCUT2D eigenvalue weighted by atomic mass is 19.4. The molecule has 24 heavy (non-hydrogen) atoms. The van der Waals surface area contributed by atoms with Gasteiger partial charge < -0.3 is 9.42 Å². The zero-order chi connectivity index (χ0) is 17.3. The molecule has 2 aromatic rings. The normalized spacial score (nSPS) is 16.6. The predicted molar refractivity (Wildman–Crippen MR) is 82.7 cm³/mol. The lowest BCUT2D eigenvalue weighted by Crippen LogP contribution is -2.46.